The van der Waals surface area contributed by atoms with Gasteiger partial charge in [-0.3, -0.25) is 14.7 Å². The van der Waals surface area contributed by atoms with E-state index < -0.39 is 0 Å². The predicted octanol–water partition coefficient (Wildman–Crippen LogP) is 1.13. The van der Waals surface area contributed by atoms with Crippen LogP contribution in [0.5, 0.6) is 0 Å². The monoisotopic (exact) mass is 268 g/mol. The molecule has 0 radical (unpaired) electrons. The lowest BCUT2D eigenvalue weighted by Gasteiger charge is -2.14. The molecular weight excluding hydrogens is 256 g/mol. The molecular formula is C13H12N6O. The molecule has 0 fully saturated rings. The Morgan fingerprint density at radius 3 is 3.00 bits per heavy atom. The van der Waals surface area contributed by atoms with Crippen molar-refractivity contribution < 1.29 is 4.79 Å². The van der Waals surface area contributed by atoms with Crippen molar-refractivity contribution in [3.05, 3.63) is 35.4 Å². The summed E-state index contributed by atoms with van der Waals surface area (Å²) in [5.74, 6) is 1.01. The van der Waals surface area contributed by atoms with Crippen molar-refractivity contribution in [1.82, 2.24) is 19.7 Å². The van der Waals surface area contributed by atoms with Crippen LogP contribution in [0.1, 0.15) is 34.7 Å². The van der Waals surface area contributed by atoms with Gasteiger partial charge in [0.05, 0.1) is 5.56 Å². The van der Waals surface area contributed by atoms with Crippen LogP contribution in [-0.2, 0) is 13.0 Å². The fourth-order valence-corrected chi connectivity index (χ4v) is 2.16. The first-order valence-corrected chi connectivity index (χ1v) is 6.37. The standard InChI is InChI=1S/C13H12N6O/c14-7-9-4-5-10(15-8-9)12(20)16-13-18-17-11-3-1-2-6-19(11)13/h4-5,8H,1-3,6H2,(H,16,18,20). The second kappa shape index (κ2) is 5.09. The number of nitrogens with zero attached hydrogens (tertiary/aromatic N) is 5. The van der Waals surface area contributed by atoms with Crippen LogP contribution in [0.4, 0.5) is 5.95 Å². The Morgan fingerprint density at radius 2 is 2.25 bits per heavy atom. The van der Waals surface area contributed by atoms with E-state index in [2.05, 4.69) is 20.5 Å². The molecule has 0 saturated heterocycles. The number of hydrogen-bond acceptors (Lipinski definition) is 5. The van der Waals surface area contributed by atoms with Crippen molar-refractivity contribution in [2.24, 2.45) is 0 Å². The number of fused-ring (bicyclic) bond motifs is 1. The number of pyridine rings is 1. The number of hydrogen-bond donors (Lipinski definition) is 1. The van der Waals surface area contributed by atoms with E-state index in [1.807, 2.05) is 10.6 Å². The van der Waals surface area contributed by atoms with Gasteiger partial charge < -0.3 is 0 Å². The molecule has 0 saturated carbocycles. The van der Waals surface area contributed by atoms with Gasteiger partial charge in [0.2, 0.25) is 5.95 Å². The molecule has 0 spiro atoms. The van der Waals surface area contributed by atoms with Crippen molar-refractivity contribution in [3.8, 4) is 6.07 Å². The summed E-state index contributed by atoms with van der Waals surface area (Å²) in [7, 11) is 0. The minimum Gasteiger partial charge on any atom is -0.297 e. The highest BCUT2D eigenvalue weighted by atomic mass is 16.2. The van der Waals surface area contributed by atoms with Gasteiger partial charge in [0.1, 0.15) is 17.6 Å². The lowest BCUT2D eigenvalue weighted by atomic mass is 10.2. The maximum Gasteiger partial charge on any atom is 0.276 e. The molecule has 7 nitrogen and oxygen atoms in total. The third kappa shape index (κ3) is 2.23. The molecule has 2 aromatic rings. The van der Waals surface area contributed by atoms with Gasteiger partial charge in [-0.05, 0) is 25.0 Å². The first kappa shape index (κ1) is 12.3. The zero-order valence-electron chi connectivity index (χ0n) is 10.7. The van der Waals surface area contributed by atoms with Gasteiger partial charge in [-0.25, -0.2) is 4.98 Å². The van der Waals surface area contributed by atoms with Crippen LogP contribution in [-0.4, -0.2) is 25.7 Å². The number of anilines is 1. The topological polar surface area (TPSA) is 96.5 Å². The number of aryl methyl sites for hydroxylation is 1. The molecule has 0 bridgehead atoms. The molecule has 0 atom stereocenters. The van der Waals surface area contributed by atoms with Crippen molar-refractivity contribution in [3.63, 3.8) is 0 Å². The van der Waals surface area contributed by atoms with Crippen LogP contribution in [0.3, 0.4) is 0 Å². The number of rotatable bonds is 2. The normalized spacial score (nSPS) is 13.3. The smallest absolute Gasteiger partial charge is 0.276 e. The lowest BCUT2D eigenvalue weighted by Crippen LogP contribution is -2.19. The molecule has 100 valence electrons. The van der Waals surface area contributed by atoms with Crippen molar-refractivity contribution >= 4 is 11.9 Å². The second-order valence-electron chi connectivity index (χ2n) is 4.55. The highest BCUT2D eigenvalue weighted by Gasteiger charge is 2.18. The molecule has 3 rings (SSSR count). The molecule has 3 heterocycles. The van der Waals surface area contributed by atoms with Crippen LogP contribution in [0.2, 0.25) is 0 Å². The second-order valence-corrected chi connectivity index (χ2v) is 4.55. The summed E-state index contributed by atoms with van der Waals surface area (Å²) in [6.07, 6.45) is 4.42. The average Bonchev–Trinajstić information content (AvgIpc) is 2.91. The van der Waals surface area contributed by atoms with Gasteiger partial charge in [0.25, 0.3) is 5.91 Å². The molecule has 1 aliphatic rings. The van der Waals surface area contributed by atoms with Crippen LogP contribution in [0, 0.1) is 11.3 Å². The summed E-state index contributed by atoms with van der Waals surface area (Å²) >= 11 is 0. The Hall–Kier alpha value is -2.75. The Bertz CT molecular complexity index is 682. The predicted molar refractivity (Wildman–Crippen MR) is 69.9 cm³/mol. The van der Waals surface area contributed by atoms with E-state index in [4.69, 9.17) is 5.26 Å². The molecule has 20 heavy (non-hydrogen) atoms. The van der Waals surface area contributed by atoms with Crippen molar-refractivity contribution in [1.29, 1.82) is 5.26 Å². The van der Waals surface area contributed by atoms with Gasteiger partial charge in [0, 0.05) is 19.2 Å². The van der Waals surface area contributed by atoms with Crippen LogP contribution in [0.15, 0.2) is 18.3 Å². The Labute approximate surface area is 115 Å². The largest absolute Gasteiger partial charge is 0.297 e. The third-order valence-electron chi connectivity index (χ3n) is 3.21. The summed E-state index contributed by atoms with van der Waals surface area (Å²) in [4.78, 5) is 16.0. The number of carbonyl (C=O) groups is 1. The molecule has 7 heteroatoms. The van der Waals surface area contributed by atoms with E-state index in [-0.39, 0.29) is 11.6 Å². The number of carbonyl (C=O) groups excluding carboxylic acids is 1. The number of aromatic nitrogens is 4. The van der Waals surface area contributed by atoms with Crippen LogP contribution >= 0.6 is 0 Å². The van der Waals surface area contributed by atoms with Crippen LogP contribution in [0.25, 0.3) is 0 Å². The van der Waals surface area contributed by atoms with Gasteiger partial charge in [-0.1, -0.05) is 0 Å². The number of nitrogens with one attached hydrogen (secondary N) is 1. The minimum atomic E-state index is -0.352. The van der Waals surface area contributed by atoms with Crippen molar-refractivity contribution in [2.75, 3.05) is 5.32 Å². The van der Waals surface area contributed by atoms with E-state index in [9.17, 15) is 4.79 Å². The first-order valence-electron chi connectivity index (χ1n) is 6.37. The summed E-state index contributed by atoms with van der Waals surface area (Å²) < 4.78 is 1.92. The van der Waals surface area contributed by atoms with Gasteiger partial charge in [-0.2, -0.15) is 5.26 Å². The van der Waals surface area contributed by atoms with Gasteiger partial charge in [-0.15, -0.1) is 10.2 Å². The van der Waals surface area contributed by atoms with Crippen LogP contribution < -0.4 is 5.32 Å². The van der Waals surface area contributed by atoms with E-state index in [1.54, 1.807) is 6.07 Å². The summed E-state index contributed by atoms with van der Waals surface area (Å²) in [5, 5.41) is 19.5. The minimum absolute atomic E-state index is 0.247. The Morgan fingerprint density at radius 1 is 1.35 bits per heavy atom. The lowest BCUT2D eigenvalue weighted by molar-refractivity contribution is 0.102. The third-order valence-corrected chi connectivity index (χ3v) is 3.21. The van der Waals surface area contributed by atoms with E-state index in [1.165, 1.54) is 12.3 Å². The van der Waals surface area contributed by atoms with Gasteiger partial charge in [0.15, 0.2) is 0 Å². The van der Waals surface area contributed by atoms with Crippen molar-refractivity contribution in [2.45, 2.75) is 25.8 Å². The molecule has 0 aromatic carbocycles. The summed E-state index contributed by atoms with van der Waals surface area (Å²) in [6, 6.07) is 5.03. The molecule has 0 unspecified atom stereocenters. The van der Waals surface area contributed by atoms with E-state index >= 15 is 0 Å². The number of nitriles is 1. The van der Waals surface area contributed by atoms with E-state index in [0.29, 0.717) is 11.5 Å². The SMILES string of the molecule is N#Cc1ccc(C(=O)Nc2nnc3n2CCCC3)nc1. The fraction of sp³-hybridized carbons (Fsp3) is 0.308. The summed E-state index contributed by atoms with van der Waals surface area (Å²) in [6.45, 7) is 0.818. The zero-order valence-corrected chi connectivity index (χ0v) is 10.7. The zero-order chi connectivity index (χ0) is 13.9. The number of amides is 1. The molecule has 1 N–H and O–H groups in total. The molecule has 1 amide bonds. The maximum absolute atomic E-state index is 12.1. The molecule has 2 aromatic heterocycles. The highest BCUT2D eigenvalue weighted by Crippen LogP contribution is 2.17. The fourth-order valence-electron chi connectivity index (χ4n) is 2.16. The quantitative estimate of drug-likeness (QED) is 0.880. The molecule has 0 aliphatic carbocycles. The summed E-state index contributed by atoms with van der Waals surface area (Å²) in [5.41, 5.74) is 0.665. The first-order chi connectivity index (χ1) is 9.78. The average molecular weight is 268 g/mol. The van der Waals surface area contributed by atoms with E-state index in [0.717, 1.165) is 31.6 Å². The maximum atomic E-state index is 12.1. The van der Waals surface area contributed by atoms with Gasteiger partial charge >= 0.3 is 0 Å². The Kier molecular flexibility index (Phi) is 3.13. The highest BCUT2D eigenvalue weighted by molar-refractivity contribution is 6.01. The molecule has 1 aliphatic heterocycles. The Balaban J connectivity index is 1.78.